The third kappa shape index (κ3) is 6.79. The van der Waals surface area contributed by atoms with Gasteiger partial charge in [0, 0.05) is 0 Å². The Morgan fingerprint density at radius 3 is 2.08 bits per heavy atom. The first-order valence-corrected chi connectivity index (χ1v) is 8.93. The van der Waals surface area contributed by atoms with Crippen LogP contribution in [0.1, 0.15) is 13.8 Å². The molecule has 0 heterocycles. The molecule has 0 aromatic carbocycles. The summed E-state index contributed by atoms with van der Waals surface area (Å²) < 4.78 is 5.86. The van der Waals surface area contributed by atoms with Crippen LogP contribution < -0.4 is 0 Å². The zero-order valence-electron chi connectivity index (χ0n) is 8.97. The van der Waals surface area contributed by atoms with Crippen LogP contribution >= 0.6 is 11.8 Å². The summed E-state index contributed by atoms with van der Waals surface area (Å²) in [6, 6.07) is 0. The Morgan fingerprint density at radius 1 is 1.33 bits per heavy atom. The van der Waals surface area contributed by atoms with Crippen LogP contribution in [0.2, 0.25) is 19.6 Å². The van der Waals surface area contributed by atoms with Gasteiger partial charge < -0.3 is 4.43 Å². The van der Waals surface area contributed by atoms with E-state index in [0.717, 1.165) is 5.09 Å². The third-order valence-electron chi connectivity index (χ3n) is 1.08. The summed E-state index contributed by atoms with van der Waals surface area (Å²) in [7, 11) is -1.40. The standard InChI is InChI=1S/C9H20OSSi/c1-8(2)7-9(11-3)10-12(4,5)6/h7-8H,1-6H3/b9-7+. The molecule has 0 aliphatic carbocycles. The Bertz CT molecular complexity index is 158. The maximum atomic E-state index is 5.86. The highest BCUT2D eigenvalue weighted by Crippen LogP contribution is 2.20. The van der Waals surface area contributed by atoms with E-state index in [4.69, 9.17) is 4.43 Å². The maximum Gasteiger partial charge on any atom is 0.242 e. The van der Waals surface area contributed by atoms with Crippen molar-refractivity contribution < 1.29 is 4.43 Å². The molecule has 72 valence electrons. The maximum absolute atomic E-state index is 5.86. The second kappa shape index (κ2) is 4.97. The van der Waals surface area contributed by atoms with Gasteiger partial charge in [0.25, 0.3) is 0 Å². The van der Waals surface area contributed by atoms with Gasteiger partial charge in [0.05, 0.1) is 0 Å². The second-order valence-corrected chi connectivity index (χ2v) is 9.39. The molecule has 0 unspecified atom stereocenters. The van der Waals surface area contributed by atoms with E-state index in [1.54, 1.807) is 11.8 Å². The fraction of sp³-hybridized carbons (Fsp3) is 0.778. The molecule has 0 aromatic rings. The summed E-state index contributed by atoms with van der Waals surface area (Å²) in [5.74, 6) is 0.573. The number of hydrogen-bond acceptors (Lipinski definition) is 2. The predicted octanol–water partition coefficient (Wildman–Crippen LogP) is 3.70. The highest BCUT2D eigenvalue weighted by molar-refractivity contribution is 8.02. The molecule has 0 aliphatic heterocycles. The largest absolute Gasteiger partial charge is 0.540 e. The molecule has 0 aliphatic rings. The Balaban J connectivity index is 4.18. The van der Waals surface area contributed by atoms with Gasteiger partial charge in [-0.1, -0.05) is 25.6 Å². The zero-order chi connectivity index (χ0) is 9.78. The van der Waals surface area contributed by atoms with Crippen molar-refractivity contribution in [2.24, 2.45) is 5.92 Å². The summed E-state index contributed by atoms with van der Waals surface area (Å²) in [5, 5.41) is 1.09. The fourth-order valence-electron chi connectivity index (χ4n) is 0.718. The lowest BCUT2D eigenvalue weighted by Gasteiger charge is -2.20. The Morgan fingerprint density at radius 2 is 1.83 bits per heavy atom. The van der Waals surface area contributed by atoms with E-state index in [1.165, 1.54) is 0 Å². The van der Waals surface area contributed by atoms with Crippen LogP contribution in [0.25, 0.3) is 0 Å². The molecular formula is C9H20OSSi. The van der Waals surface area contributed by atoms with Crippen molar-refractivity contribution in [1.29, 1.82) is 0 Å². The molecule has 0 atom stereocenters. The Hall–Kier alpha value is 0.107. The van der Waals surface area contributed by atoms with Crippen LogP contribution in [-0.4, -0.2) is 14.6 Å². The van der Waals surface area contributed by atoms with E-state index in [0.29, 0.717) is 5.92 Å². The van der Waals surface area contributed by atoms with Gasteiger partial charge in [0.1, 0.15) is 5.09 Å². The molecule has 0 spiro atoms. The van der Waals surface area contributed by atoms with Crippen LogP contribution in [0.5, 0.6) is 0 Å². The molecule has 0 saturated carbocycles. The second-order valence-electron chi connectivity index (χ2n) is 4.15. The van der Waals surface area contributed by atoms with Gasteiger partial charge in [0.15, 0.2) is 0 Å². The summed E-state index contributed by atoms with van der Waals surface area (Å²) in [6.45, 7) is 11.0. The van der Waals surface area contributed by atoms with Gasteiger partial charge in [-0.3, -0.25) is 0 Å². The highest BCUT2D eigenvalue weighted by atomic mass is 32.2. The lowest BCUT2D eigenvalue weighted by molar-refractivity contribution is 0.458. The highest BCUT2D eigenvalue weighted by Gasteiger charge is 2.17. The van der Waals surface area contributed by atoms with Crippen LogP contribution in [0, 0.1) is 5.92 Å². The van der Waals surface area contributed by atoms with Crippen molar-refractivity contribution in [3.63, 3.8) is 0 Å². The number of thioether (sulfide) groups is 1. The molecule has 0 radical (unpaired) electrons. The molecule has 0 aromatic heterocycles. The molecule has 0 fully saturated rings. The summed E-state index contributed by atoms with van der Waals surface area (Å²) in [6.07, 6.45) is 4.25. The van der Waals surface area contributed by atoms with Crippen LogP contribution in [0.4, 0.5) is 0 Å². The first-order valence-electron chi connectivity index (χ1n) is 4.30. The molecule has 0 saturated heterocycles. The first-order chi connectivity index (χ1) is 5.35. The average Bonchev–Trinajstić information content (AvgIpc) is 1.82. The molecule has 3 heteroatoms. The molecular weight excluding hydrogens is 184 g/mol. The van der Waals surface area contributed by atoms with Crippen molar-refractivity contribution >= 4 is 20.1 Å². The summed E-state index contributed by atoms with van der Waals surface area (Å²) in [5.41, 5.74) is 0. The van der Waals surface area contributed by atoms with Gasteiger partial charge >= 0.3 is 0 Å². The smallest absolute Gasteiger partial charge is 0.242 e. The van der Waals surface area contributed by atoms with Gasteiger partial charge in [-0.05, 0) is 37.9 Å². The topological polar surface area (TPSA) is 9.23 Å². The van der Waals surface area contributed by atoms with Gasteiger partial charge in [-0.25, -0.2) is 0 Å². The normalized spacial score (nSPS) is 13.8. The zero-order valence-corrected chi connectivity index (χ0v) is 10.8. The number of allylic oxidation sites excluding steroid dienone is 1. The molecule has 1 nitrogen and oxygen atoms in total. The lowest BCUT2D eigenvalue weighted by Crippen LogP contribution is -2.24. The van der Waals surface area contributed by atoms with Gasteiger partial charge in [-0.2, -0.15) is 0 Å². The van der Waals surface area contributed by atoms with Crippen molar-refractivity contribution in [2.75, 3.05) is 6.26 Å². The fourth-order valence-corrected chi connectivity index (χ4v) is 2.88. The van der Waals surface area contributed by atoms with Crippen LogP contribution in [0.15, 0.2) is 11.2 Å². The minimum atomic E-state index is -1.40. The average molecular weight is 204 g/mol. The van der Waals surface area contributed by atoms with E-state index >= 15 is 0 Å². The Kier molecular flexibility index (Phi) is 5.02. The van der Waals surface area contributed by atoms with E-state index in [1.807, 2.05) is 0 Å². The SMILES string of the molecule is CS/C(=C/C(C)C)O[Si](C)(C)C. The van der Waals surface area contributed by atoms with Crippen LogP contribution in [0.3, 0.4) is 0 Å². The summed E-state index contributed by atoms with van der Waals surface area (Å²) >= 11 is 1.70. The van der Waals surface area contributed by atoms with Crippen molar-refractivity contribution in [1.82, 2.24) is 0 Å². The minimum Gasteiger partial charge on any atom is -0.540 e. The van der Waals surface area contributed by atoms with E-state index in [9.17, 15) is 0 Å². The van der Waals surface area contributed by atoms with Crippen molar-refractivity contribution in [2.45, 2.75) is 33.5 Å². The third-order valence-corrected chi connectivity index (χ3v) is 2.68. The number of rotatable bonds is 4. The van der Waals surface area contributed by atoms with E-state index in [2.05, 4.69) is 45.8 Å². The summed E-state index contributed by atoms with van der Waals surface area (Å²) in [4.78, 5) is 0. The molecule has 12 heavy (non-hydrogen) atoms. The van der Waals surface area contributed by atoms with Crippen molar-refractivity contribution in [3.05, 3.63) is 11.2 Å². The molecule has 0 rings (SSSR count). The van der Waals surface area contributed by atoms with Gasteiger partial charge in [0.2, 0.25) is 8.32 Å². The number of hydrogen-bond donors (Lipinski definition) is 0. The van der Waals surface area contributed by atoms with Gasteiger partial charge in [-0.15, -0.1) is 0 Å². The quantitative estimate of drug-likeness (QED) is 0.510. The predicted molar refractivity (Wildman–Crippen MR) is 60.9 cm³/mol. The Labute approximate surface area is 81.7 Å². The monoisotopic (exact) mass is 204 g/mol. The van der Waals surface area contributed by atoms with Crippen molar-refractivity contribution in [3.8, 4) is 0 Å². The van der Waals surface area contributed by atoms with E-state index in [-0.39, 0.29) is 0 Å². The van der Waals surface area contributed by atoms with Crippen LogP contribution in [-0.2, 0) is 4.43 Å². The molecule has 0 bridgehead atoms. The first kappa shape index (κ1) is 12.1. The molecule has 0 amide bonds. The minimum absolute atomic E-state index is 0.573. The molecule has 0 N–H and O–H groups in total. The van der Waals surface area contributed by atoms with E-state index < -0.39 is 8.32 Å². The lowest BCUT2D eigenvalue weighted by atomic mass is 10.2.